The monoisotopic (exact) mass is 465 g/mol. The number of primary amides is 1. The minimum atomic E-state index is -0.601. The van der Waals surface area contributed by atoms with Crippen LogP contribution >= 0.6 is 11.8 Å². The number of para-hydroxylation sites is 1. The van der Waals surface area contributed by atoms with E-state index >= 15 is 0 Å². The molecule has 8 nitrogen and oxygen atoms in total. The SMILES string of the molecule is C=CCn1c(SCC(=O)Nc2ccccc2C(N)=O)nnc1-c1ccc(OCCCC)cc1. The topological polar surface area (TPSA) is 112 Å². The summed E-state index contributed by atoms with van der Waals surface area (Å²) in [5.74, 6) is 0.696. The number of benzene rings is 2. The highest BCUT2D eigenvalue weighted by Gasteiger charge is 2.16. The third-order valence-corrected chi connectivity index (χ3v) is 5.67. The maximum atomic E-state index is 12.5. The molecule has 0 unspecified atom stereocenters. The number of hydrogen-bond donors (Lipinski definition) is 2. The fraction of sp³-hybridized carbons (Fsp3) is 0.250. The second-order valence-electron chi connectivity index (χ2n) is 7.18. The minimum absolute atomic E-state index is 0.0899. The molecule has 0 saturated heterocycles. The van der Waals surface area contributed by atoms with Crippen LogP contribution in [0.1, 0.15) is 30.1 Å². The molecule has 3 N–H and O–H groups in total. The van der Waals surface area contributed by atoms with Crippen molar-refractivity contribution in [3.63, 3.8) is 0 Å². The van der Waals surface area contributed by atoms with Crippen LogP contribution in [0.4, 0.5) is 5.69 Å². The number of nitrogens with two attached hydrogens (primary N) is 1. The molecule has 172 valence electrons. The Kier molecular flexibility index (Phi) is 8.65. The average molecular weight is 466 g/mol. The Hall–Kier alpha value is -3.59. The highest BCUT2D eigenvalue weighted by atomic mass is 32.2. The third kappa shape index (κ3) is 6.45. The number of nitrogens with one attached hydrogen (secondary N) is 1. The average Bonchev–Trinajstić information content (AvgIpc) is 3.21. The van der Waals surface area contributed by atoms with Crippen molar-refractivity contribution in [2.75, 3.05) is 17.7 Å². The maximum absolute atomic E-state index is 12.5. The summed E-state index contributed by atoms with van der Waals surface area (Å²) in [6.45, 7) is 7.12. The number of anilines is 1. The Labute approximate surface area is 197 Å². The van der Waals surface area contributed by atoms with Crippen LogP contribution in [0.5, 0.6) is 5.75 Å². The van der Waals surface area contributed by atoms with Gasteiger partial charge in [0.1, 0.15) is 5.75 Å². The lowest BCUT2D eigenvalue weighted by molar-refractivity contribution is -0.113. The van der Waals surface area contributed by atoms with E-state index in [1.165, 1.54) is 11.8 Å². The van der Waals surface area contributed by atoms with Gasteiger partial charge in [-0.3, -0.25) is 14.2 Å². The summed E-state index contributed by atoms with van der Waals surface area (Å²) < 4.78 is 7.62. The number of amides is 2. The molecule has 0 spiro atoms. The Morgan fingerprint density at radius 1 is 1.18 bits per heavy atom. The van der Waals surface area contributed by atoms with Crippen LogP contribution in [0.2, 0.25) is 0 Å². The lowest BCUT2D eigenvalue weighted by Crippen LogP contribution is -2.19. The fourth-order valence-electron chi connectivity index (χ4n) is 3.06. The lowest BCUT2D eigenvalue weighted by atomic mass is 10.1. The van der Waals surface area contributed by atoms with E-state index in [1.807, 2.05) is 28.8 Å². The van der Waals surface area contributed by atoms with Crippen LogP contribution in [0, 0.1) is 0 Å². The summed E-state index contributed by atoms with van der Waals surface area (Å²) >= 11 is 1.25. The van der Waals surface area contributed by atoms with Crippen molar-refractivity contribution in [2.24, 2.45) is 5.73 Å². The van der Waals surface area contributed by atoms with Gasteiger partial charge in [-0.05, 0) is 42.8 Å². The van der Waals surface area contributed by atoms with Gasteiger partial charge in [0.15, 0.2) is 11.0 Å². The Morgan fingerprint density at radius 2 is 1.94 bits per heavy atom. The molecule has 33 heavy (non-hydrogen) atoms. The highest BCUT2D eigenvalue weighted by Crippen LogP contribution is 2.26. The number of nitrogens with zero attached hydrogens (tertiary/aromatic N) is 3. The van der Waals surface area contributed by atoms with E-state index in [0.717, 1.165) is 24.2 Å². The van der Waals surface area contributed by atoms with Gasteiger partial charge in [0.25, 0.3) is 5.91 Å². The zero-order valence-corrected chi connectivity index (χ0v) is 19.3. The molecular weight excluding hydrogens is 438 g/mol. The van der Waals surface area contributed by atoms with Gasteiger partial charge in [-0.25, -0.2) is 0 Å². The van der Waals surface area contributed by atoms with Crippen LogP contribution in [0.25, 0.3) is 11.4 Å². The number of carbonyl (C=O) groups excluding carboxylic acids is 2. The Bertz CT molecular complexity index is 1110. The molecule has 1 aromatic heterocycles. The fourth-order valence-corrected chi connectivity index (χ4v) is 3.81. The molecule has 0 radical (unpaired) electrons. The van der Waals surface area contributed by atoms with Crippen LogP contribution in [-0.4, -0.2) is 38.9 Å². The van der Waals surface area contributed by atoms with Crippen molar-refractivity contribution < 1.29 is 14.3 Å². The molecular formula is C24H27N5O3S. The summed E-state index contributed by atoms with van der Waals surface area (Å²) in [5.41, 5.74) is 6.90. The number of allylic oxidation sites excluding steroid dienone is 1. The molecule has 2 amide bonds. The lowest BCUT2D eigenvalue weighted by Gasteiger charge is -2.10. The molecule has 2 aromatic carbocycles. The first-order valence-electron chi connectivity index (χ1n) is 10.6. The van der Waals surface area contributed by atoms with Crippen molar-refractivity contribution in [2.45, 2.75) is 31.5 Å². The van der Waals surface area contributed by atoms with Crippen LogP contribution in [-0.2, 0) is 11.3 Å². The molecule has 0 bridgehead atoms. The summed E-state index contributed by atoms with van der Waals surface area (Å²) in [7, 11) is 0. The molecule has 0 saturated carbocycles. The van der Waals surface area contributed by atoms with Gasteiger partial charge in [0.05, 0.1) is 23.6 Å². The Morgan fingerprint density at radius 3 is 2.64 bits per heavy atom. The zero-order valence-electron chi connectivity index (χ0n) is 18.5. The van der Waals surface area contributed by atoms with Gasteiger partial charge in [-0.2, -0.15) is 0 Å². The first kappa shape index (κ1) is 24.1. The molecule has 0 fully saturated rings. The van der Waals surface area contributed by atoms with Crippen molar-refractivity contribution in [3.05, 3.63) is 66.7 Å². The number of carbonyl (C=O) groups is 2. The van der Waals surface area contributed by atoms with E-state index in [1.54, 1.807) is 30.3 Å². The van der Waals surface area contributed by atoms with Crippen molar-refractivity contribution in [1.29, 1.82) is 0 Å². The van der Waals surface area contributed by atoms with Gasteiger partial charge in [-0.15, -0.1) is 16.8 Å². The van der Waals surface area contributed by atoms with E-state index < -0.39 is 5.91 Å². The largest absolute Gasteiger partial charge is 0.494 e. The van der Waals surface area contributed by atoms with Crippen molar-refractivity contribution >= 4 is 29.3 Å². The summed E-state index contributed by atoms with van der Waals surface area (Å²) in [6.07, 6.45) is 3.85. The van der Waals surface area contributed by atoms with Crippen molar-refractivity contribution in [3.8, 4) is 17.1 Å². The van der Waals surface area contributed by atoms with Crippen LogP contribution in [0.3, 0.4) is 0 Å². The number of thioether (sulfide) groups is 1. The predicted molar refractivity (Wildman–Crippen MR) is 130 cm³/mol. The van der Waals surface area contributed by atoms with Crippen molar-refractivity contribution in [1.82, 2.24) is 14.8 Å². The summed E-state index contributed by atoms with van der Waals surface area (Å²) in [4.78, 5) is 24.0. The maximum Gasteiger partial charge on any atom is 0.250 e. The van der Waals surface area contributed by atoms with Gasteiger partial charge in [0, 0.05) is 12.1 Å². The normalized spacial score (nSPS) is 10.6. The number of hydrogen-bond acceptors (Lipinski definition) is 6. The molecule has 0 aliphatic rings. The number of rotatable bonds is 12. The molecule has 0 aliphatic heterocycles. The first-order chi connectivity index (χ1) is 16.0. The minimum Gasteiger partial charge on any atom is -0.494 e. The van der Waals surface area contributed by atoms with Gasteiger partial charge in [0.2, 0.25) is 5.91 Å². The van der Waals surface area contributed by atoms with E-state index in [2.05, 4.69) is 29.0 Å². The zero-order chi connectivity index (χ0) is 23.6. The van der Waals surface area contributed by atoms with E-state index in [9.17, 15) is 9.59 Å². The van der Waals surface area contributed by atoms with E-state index in [4.69, 9.17) is 10.5 Å². The van der Waals surface area contributed by atoms with E-state index in [0.29, 0.717) is 29.8 Å². The first-order valence-corrected chi connectivity index (χ1v) is 11.6. The number of unbranched alkanes of at least 4 members (excludes halogenated alkanes) is 1. The molecule has 0 aliphatic carbocycles. The van der Waals surface area contributed by atoms with Gasteiger partial charge < -0.3 is 15.8 Å². The smallest absolute Gasteiger partial charge is 0.250 e. The number of aromatic nitrogens is 3. The molecule has 9 heteroatoms. The highest BCUT2D eigenvalue weighted by molar-refractivity contribution is 7.99. The van der Waals surface area contributed by atoms with E-state index in [-0.39, 0.29) is 17.2 Å². The Balaban J connectivity index is 1.69. The van der Waals surface area contributed by atoms with Gasteiger partial charge >= 0.3 is 0 Å². The summed E-state index contributed by atoms with van der Waals surface area (Å²) in [5, 5.41) is 11.9. The molecule has 1 heterocycles. The molecule has 3 rings (SSSR count). The van der Waals surface area contributed by atoms with Crippen LogP contribution < -0.4 is 15.8 Å². The second kappa shape index (κ2) is 11.9. The van der Waals surface area contributed by atoms with Gasteiger partial charge in [-0.1, -0.05) is 43.3 Å². The predicted octanol–water partition coefficient (Wildman–Crippen LogP) is 4.14. The standard InChI is InChI=1S/C24H27N5O3S/c1-3-5-15-32-18-12-10-17(11-13-18)23-27-28-24(29(23)14-4-2)33-16-21(30)26-20-9-7-6-8-19(20)22(25)31/h4,6-13H,2-3,5,14-16H2,1H3,(H2,25,31)(H,26,30). The molecule has 0 atom stereocenters. The second-order valence-corrected chi connectivity index (χ2v) is 8.12. The molecule has 3 aromatic rings. The third-order valence-electron chi connectivity index (χ3n) is 4.71. The van der Waals surface area contributed by atoms with Crippen LogP contribution in [0.15, 0.2) is 66.3 Å². The summed E-state index contributed by atoms with van der Waals surface area (Å²) in [6, 6.07) is 14.3. The number of ether oxygens (including phenoxy) is 1. The quantitative estimate of drug-likeness (QED) is 0.236.